The standard InChI is InChI=1S/C12H14N6O2/c13-9-1-2-11(19)18(5-9)7-12(20)16-3-4-17-8-14-15-10(17)6-16/h1-2,5,8H,3-4,6-7,13H2. The van der Waals surface area contributed by atoms with Crippen molar-refractivity contribution in [3.63, 3.8) is 0 Å². The quantitative estimate of drug-likeness (QED) is 0.762. The van der Waals surface area contributed by atoms with Gasteiger partial charge in [0.15, 0.2) is 5.82 Å². The van der Waals surface area contributed by atoms with Gasteiger partial charge in [0.05, 0.1) is 6.54 Å². The minimum Gasteiger partial charge on any atom is -0.398 e. The molecule has 0 radical (unpaired) electrons. The van der Waals surface area contributed by atoms with Gasteiger partial charge < -0.3 is 19.8 Å². The molecule has 3 rings (SSSR count). The number of pyridine rings is 1. The molecule has 8 nitrogen and oxygen atoms in total. The monoisotopic (exact) mass is 274 g/mol. The SMILES string of the molecule is Nc1ccc(=O)n(CC(=O)N2CCn3cnnc3C2)c1. The summed E-state index contributed by atoms with van der Waals surface area (Å²) >= 11 is 0. The summed E-state index contributed by atoms with van der Waals surface area (Å²) in [5, 5.41) is 7.77. The fourth-order valence-corrected chi connectivity index (χ4v) is 2.20. The lowest BCUT2D eigenvalue weighted by molar-refractivity contribution is -0.133. The minimum atomic E-state index is -0.243. The van der Waals surface area contributed by atoms with Crippen LogP contribution in [0.25, 0.3) is 0 Å². The van der Waals surface area contributed by atoms with E-state index in [2.05, 4.69) is 10.2 Å². The second-order valence-electron chi connectivity index (χ2n) is 4.68. The molecule has 104 valence electrons. The molecule has 1 aliphatic heterocycles. The summed E-state index contributed by atoms with van der Waals surface area (Å²) in [6.07, 6.45) is 3.13. The molecule has 2 N–H and O–H groups in total. The normalized spacial score (nSPS) is 14.1. The van der Waals surface area contributed by atoms with Crippen molar-refractivity contribution in [2.24, 2.45) is 0 Å². The van der Waals surface area contributed by atoms with Gasteiger partial charge in [0.1, 0.15) is 12.9 Å². The van der Waals surface area contributed by atoms with E-state index in [0.717, 1.165) is 5.82 Å². The second-order valence-corrected chi connectivity index (χ2v) is 4.68. The van der Waals surface area contributed by atoms with Crippen LogP contribution in [0.3, 0.4) is 0 Å². The van der Waals surface area contributed by atoms with Crippen molar-refractivity contribution in [2.75, 3.05) is 12.3 Å². The first-order valence-electron chi connectivity index (χ1n) is 6.24. The zero-order chi connectivity index (χ0) is 14.1. The first-order chi connectivity index (χ1) is 9.63. The van der Waals surface area contributed by atoms with E-state index in [-0.39, 0.29) is 18.0 Å². The van der Waals surface area contributed by atoms with Gasteiger partial charge in [-0.25, -0.2) is 0 Å². The number of hydrogen-bond donors (Lipinski definition) is 1. The summed E-state index contributed by atoms with van der Waals surface area (Å²) in [5.74, 6) is 0.622. The van der Waals surface area contributed by atoms with E-state index in [4.69, 9.17) is 5.73 Å². The predicted molar refractivity (Wildman–Crippen MR) is 70.6 cm³/mol. The highest BCUT2D eigenvalue weighted by atomic mass is 16.2. The molecule has 0 aromatic carbocycles. The molecule has 0 bridgehead atoms. The maximum atomic E-state index is 12.2. The van der Waals surface area contributed by atoms with Crippen LogP contribution in [0.5, 0.6) is 0 Å². The molecule has 2 aromatic rings. The summed E-state index contributed by atoms with van der Waals surface area (Å²) in [6.45, 7) is 1.65. The van der Waals surface area contributed by atoms with E-state index in [1.54, 1.807) is 11.2 Å². The lowest BCUT2D eigenvalue weighted by Gasteiger charge is -2.27. The molecule has 0 fully saturated rings. The van der Waals surface area contributed by atoms with Crippen molar-refractivity contribution in [3.05, 3.63) is 40.8 Å². The fraction of sp³-hybridized carbons (Fsp3) is 0.333. The van der Waals surface area contributed by atoms with Gasteiger partial charge in [0.2, 0.25) is 5.91 Å². The van der Waals surface area contributed by atoms with Gasteiger partial charge in [-0.3, -0.25) is 9.59 Å². The van der Waals surface area contributed by atoms with Crippen LogP contribution >= 0.6 is 0 Å². The number of nitrogens with two attached hydrogens (primary N) is 1. The number of nitrogens with zero attached hydrogens (tertiary/aromatic N) is 5. The molecule has 1 aliphatic rings. The van der Waals surface area contributed by atoms with Crippen LogP contribution in [0.2, 0.25) is 0 Å². The van der Waals surface area contributed by atoms with Crippen LogP contribution in [-0.2, 0) is 24.4 Å². The van der Waals surface area contributed by atoms with Gasteiger partial charge in [-0.15, -0.1) is 10.2 Å². The Morgan fingerprint density at radius 3 is 3.05 bits per heavy atom. The first kappa shape index (κ1) is 12.4. The molecule has 0 aliphatic carbocycles. The molecule has 2 aromatic heterocycles. The van der Waals surface area contributed by atoms with Gasteiger partial charge >= 0.3 is 0 Å². The molecule has 0 atom stereocenters. The number of hydrogen-bond acceptors (Lipinski definition) is 5. The van der Waals surface area contributed by atoms with Crippen molar-refractivity contribution in [2.45, 2.75) is 19.6 Å². The van der Waals surface area contributed by atoms with Crippen molar-refractivity contribution in [3.8, 4) is 0 Å². The van der Waals surface area contributed by atoms with Crippen LogP contribution in [0.1, 0.15) is 5.82 Å². The van der Waals surface area contributed by atoms with E-state index in [1.165, 1.54) is 22.9 Å². The van der Waals surface area contributed by atoms with Crippen molar-refractivity contribution < 1.29 is 4.79 Å². The van der Waals surface area contributed by atoms with Gasteiger partial charge in [-0.2, -0.15) is 0 Å². The van der Waals surface area contributed by atoms with Gasteiger partial charge in [0, 0.05) is 31.0 Å². The van der Waals surface area contributed by atoms with E-state index in [9.17, 15) is 9.59 Å². The van der Waals surface area contributed by atoms with Crippen LogP contribution in [0.15, 0.2) is 29.5 Å². The number of carbonyl (C=O) groups excluding carboxylic acids is 1. The number of rotatable bonds is 2. The van der Waals surface area contributed by atoms with E-state index < -0.39 is 0 Å². The van der Waals surface area contributed by atoms with Crippen LogP contribution in [0, 0.1) is 0 Å². The van der Waals surface area contributed by atoms with Crippen molar-refractivity contribution >= 4 is 11.6 Å². The predicted octanol–water partition coefficient (Wildman–Crippen LogP) is -0.936. The minimum absolute atomic E-state index is 0.0159. The van der Waals surface area contributed by atoms with Crippen LogP contribution in [-0.4, -0.2) is 36.7 Å². The molecule has 1 amide bonds. The largest absolute Gasteiger partial charge is 0.398 e. The summed E-state index contributed by atoms with van der Waals surface area (Å²) in [5.41, 5.74) is 5.84. The van der Waals surface area contributed by atoms with Gasteiger partial charge in [-0.05, 0) is 6.07 Å². The summed E-state index contributed by atoms with van der Waals surface area (Å²) < 4.78 is 3.23. The average molecular weight is 274 g/mol. The molecular weight excluding hydrogens is 260 g/mol. The molecule has 0 unspecified atom stereocenters. The molecule has 0 saturated heterocycles. The van der Waals surface area contributed by atoms with E-state index in [1.807, 2.05) is 4.57 Å². The van der Waals surface area contributed by atoms with Gasteiger partial charge in [0.25, 0.3) is 5.56 Å². The molecule has 3 heterocycles. The summed E-state index contributed by atoms with van der Waals surface area (Å²) in [4.78, 5) is 25.6. The van der Waals surface area contributed by atoms with Gasteiger partial charge in [-0.1, -0.05) is 0 Å². The maximum Gasteiger partial charge on any atom is 0.251 e. The fourth-order valence-electron chi connectivity index (χ4n) is 2.20. The average Bonchev–Trinajstić information content (AvgIpc) is 2.90. The first-order valence-corrected chi connectivity index (χ1v) is 6.24. The lowest BCUT2D eigenvalue weighted by Crippen LogP contribution is -2.41. The zero-order valence-electron chi connectivity index (χ0n) is 10.8. The Kier molecular flexibility index (Phi) is 2.97. The number of nitrogen functional groups attached to an aromatic ring is 1. The highest BCUT2D eigenvalue weighted by Crippen LogP contribution is 2.09. The van der Waals surface area contributed by atoms with Crippen molar-refractivity contribution in [1.82, 2.24) is 24.2 Å². The Morgan fingerprint density at radius 2 is 2.20 bits per heavy atom. The highest BCUT2D eigenvalue weighted by Gasteiger charge is 2.22. The molecule has 8 heteroatoms. The summed E-state index contributed by atoms with van der Waals surface area (Å²) in [7, 11) is 0. The molecule has 20 heavy (non-hydrogen) atoms. The Balaban J connectivity index is 1.74. The number of fused-ring (bicyclic) bond motifs is 1. The Hall–Kier alpha value is -2.64. The van der Waals surface area contributed by atoms with E-state index in [0.29, 0.717) is 25.3 Å². The number of anilines is 1. The third kappa shape index (κ3) is 2.27. The smallest absolute Gasteiger partial charge is 0.251 e. The Morgan fingerprint density at radius 1 is 1.35 bits per heavy atom. The number of aromatic nitrogens is 4. The Labute approximate surface area is 114 Å². The third-order valence-electron chi connectivity index (χ3n) is 3.30. The Bertz CT molecular complexity index is 704. The lowest BCUT2D eigenvalue weighted by atomic mass is 10.3. The van der Waals surface area contributed by atoms with Crippen LogP contribution in [0.4, 0.5) is 5.69 Å². The highest BCUT2D eigenvalue weighted by molar-refractivity contribution is 5.76. The second kappa shape index (κ2) is 4.80. The summed E-state index contributed by atoms with van der Waals surface area (Å²) in [6, 6.07) is 2.88. The topological polar surface area (TPSA) is 99.0 Å². The molecular formula is C12H14N6O2. The third-order valence-corrected chi connectivity index (χ3v) is 3.30. The zero-order valence-corrected chi connectivity index (χ0v) is 10.8. The molecule has 0 spiro atoms. The van der Waals surface area contributed by atoms with Crippen LogP contribution < -0.4 is 11.3 Å². The van der Waals surface area contributed by atoms with Crippen molar-refractivity contribution in [1.29, 1.82) is 0 Å². The molecule has 0 saturated carbocycles. The number of amides is 1. The number of carbonyl (C=O) groups is 1. The maximum absolute atomic E-state index is 12.2. The van der Waals surface area contributed by atoms with E-state index >= 15 is 0 Å².